The maximum atomic E-state index is 12.6. The summed E-state index contributed by atoms with van der Waals surface area (Å²) in [6.45, 7) is 1.84. The monoisotopic (exact) mass is 313 g/mol. The van der Waals surface area contributed by atoms with E-state index in [1.54, 1.807) is 18.7 Å². The number of fused-ring (bicyclic) bond motifs is 1. The summed E-state index contributed by atoms with van der Waals surface area (Å²) in [5.74, 6) is 0. The van der Waals surface area contributed by atoms with E-state index in [2.05, 4.69) is 10.3 Å². The molecule has 1 fully saturated rings. The van der Waals surface area contributed by atoms with Crippen molar-refractivity contribution in [1.29, 1.82) is 0 Å². The second-order valence-electron chi connectivity index (χ2n) is 6.05. The SMILES string of the molecule is O=C(Nc1cnc2c(c1)COCC2)N(Cc1ccoc1)C1CC1. The minimum atomic E-state index is -0.0906. The summed E-state index contributed by atoms with van der Waals surface area (Å²) in [7, 11) is 0. The van der Waals surface area contributed by atoms with Crippen LogP contribution < -0.4 is 5.32 Å². The van der Waals surface area contributed by atoms with Crippen LogP contribution in [0.1, 0.15) is 29.7 Å². The number of aromatic nitrogens is 1. The van der Waals surface area contributed by atoms with Crippen LogP contribution in [0.5, 0.6) is 0 Å². The van der Waals surface area contributed by atoms with Crippen molar-refractivity contribution in [3.63, 3.8) is 0 Å². The van der Waals surface area contributed by atoms with Gasteiger partial charge in [0.1, 0.15) is 0 Å². The lowest BCUT2D eigenvalue weighted by Crippen LogP contribution is -2.36. The summed E-state index contributed by atoms with van der Waals surface area (Å²) in [6, 6.07) is 4.08. The van der Waals surface area contributed by atoms with Crippen LogP contribution in [-0.4, -0.2) is 28.6 Å². The third kappa shape index (κ3) is 3.22. The first-order chi connectivity index (χ1) is 11.3. The summed E-state index contributed by atoms with van der Waals surface area (Å²) in [6.07, 6.45) is 7.98. The molecule has 6 nitrogen and oxygen atoms in total. The van der Waals surface area contributed by atoms with E-state index in [1.165, 1.54) is 0 Å². The van der Waals surface area contributed by atoms with Crippen molar-refractivity contribution < 1.29 is 13.9 Å². The Bertz CT molecular complexity index is 695. The fraction of sp³-hybridized carbons (Fsp3) is 0.412. The third-order valence-corrected chi connectivity index (χ3v) is 4.23. The first kappa shape index (κ1) is 14.3. The summed E-state index contributed by atoms with van der Waals surface area (Å²) in [5.41, 5.74) is 3.84. The number of carbonyl (C=O) groups excluding carboxylic acids is 1. The Morgan fingerprint density at radius 1 is 1.43 bits per heavy atom. The van der Waals surface area contributed by atoms with Crippen LogP contribution >= 0.6 is 0 Å². The van der Waals surface area contributed by atoms with Crippen LogP contribution in [0.3, 0.4) is 0 Å². The van der Waals surface area contributed by atoms with Gasteiger partial charge in [0.2, 0.25) is 0 Å². The van der Waals surface area contributed by atoms with Crippen molar-refractivity contribution in [2.75, 3.05) is 11.9 Å². The Labute approximate surface area is 134 Å². The van der Waals surface area contributed by atoms with Gasteiger partial charge in [0.15, 0.2) is 0 Å². The molecular weight excluding hydrogens is 294 g/mol. The molecule has 120 valence electrons. The van der Waals surface area contributed by atoms with Crippen LogP contribution in [-0.2, 0) is 24.3 Å². The number of hydrogen-bond donors (Lipinski definition) is 1. The molecule has 1 N–H and O–H groups in total. The number of nitrogens with one attached hydrogen (secondary N) is 1. The zero-order valence-electron chi connectivity index (χ0n) is 12.8. The van der Waals surface area contributed by atoms with E-state index >= 15 is 0 Å². The van der Waals surface area contributed by atoms with Gasteiger partial charge in [-0.05, 0) is 25.0 Å². The number of amides is 2. The van der Waals surface area contributed by atoms with Gasteiger partial charge >= 0.3 is 6.03 Å². The van der Waals surface area contributed by atoms with Crippen molar-refractivity contribution in [3.8, 4) is 0 Å². The number of rotatable bonds is 4. The molecule has 0 unspecified atom stereocenters. The van der Waals surface area contributed by atoms with Crippen LogP contribution in [0.4, 0.5) is 10.5 Å². The Morgan fingerprint density at radius 3 is 3.13 bits per heavy atom. The molecule has 0 saturated heterocycles. The summed E-state index contributed by atoms with van der Waals surface area (Å²) in [4.78, 5) is 18.9. The molecule has 2 aromatic heterocycles. The molecule has 4 rings (SSSR count). The van der Waals surface area contributed by atoms with Gasteiger partial charge in [0, 0.05) is 29.3 Å². The number of pyridine rings is 1. The molecule has 3 heterocycles. The van der Waals surface area contributed by atoms with Gasteiger partial charge in [-0.2, -0.15) is 0 Å². The van der Waals surface area contributed by atoms with Gasteiger partial charge in [0.05, 0.1) is 44.2 Å². The molecule has 6 heteroatoms. The predicted octanol–water partition coefficient (Wildman–Crippen LogP) is 2.94. The summed E-state index contributed by atoms with van der Waals surface area (Å²) >= 11 is 0. The van der Waals surface area contributed by atoms with Gasteiger partial charge in [-0.1, -0.05) is 0 Å². The van der Waals surface area contributed by atoms with Crippen molar-refractivity contribution in [2.45, 2.75) is 38.5 Å². The fourth-order valence-electron chi connectivity index (χ4n) is 2.84. The summed E-state index contributed by atoms with van der Waals surface area (Å²) in [5, 5.41) is 2.96. The normalized spacial score (nSPS) is 16.7. The van der Waals surface area contributed by atoms with Crippen molar-refractivity contribution in [3.05, 3.63) is 47.7 Å². The Balaban J connectivity index is 1.47. The molecule has 0 radical (unpaired) electrons. The second-order valence-corrected chi connectivity index (χ2v) is 6.05. The molecule has 2 aromatic rings. The van der Waals surface area contributed by atoms with E-state index in [9.17, 15) is 4.79 Å². The molecule has 1 saturated carbocycles. The van der Waals surface area contributed by atoms with E-state index < -0.39 is 0 Å². The maximum absolute atomic E-state index is 12.6. The van der Waals surface area contributed by atoms with Gasteiger partial charge in [-0.25, -0.2) is 4.79 Å². The lowest BCUT2D eigenvalue weighted by atomic mass is 10.1. The lowest BCUT2D eigenvalue weighted by Gasteiger charge is -2.23. The van der Waals surface area contributed by atoms with Gasteiger partial charge in [-0.15, -0.1) is 0 Å². The number of nitrogens with zero attached hydrogens (tertiary/aromatic N) is 2. The van der Waals surface area contributed by atoms with Crippen molar-refractivity contribution >= 4 is 11.7 Å². The van der Waals surface area contributed by atoms with Gasteiger partial charge in [0.25, 0.3) is 0 Å². The summed E-state index contributed by atoms with van der Waals surface area (Å²) < 4.78 is 10.5. The van der Waals surface area contributed by atoms with E-state index in [1.807, 2.05) is 17.0 Å². The number of anilines is 1. The molecule has 0 spiro atoms. The quantitative estimate of drug-likeness (QED) is 0.942. The highest BCUT2D eigenvalue weighted by Gasteiger charge is 2.33. The first-order valence-corrected chi connectivity index (χ1v) is 7.94. The Morgan fingerprint density at radius 2 is 2.35 bits per heavy atom. The molecule has 0 bridgehead atoms. The smallest absolute Gasteiger partial charge is 0.322 e. The van der Waals surface area contributed by atoms with Crippen LogP contribution in [0.25, 0.3) is 0 Å². The van der Waals surface area contributed by atoms with Gasteiger partial charge in [-0.3, -0.25) is 4.98 Å². The predicted molar refractivity (Wildman–Crippen MR) is 83.9 cm³/mol. The van der Waals surface area contributed by atoms with Crippen molar-refractivity contribution in [2.24, 2.45) is 0 Å². The lowest BCUT2D eigenvalue weighted by molar-refractivity contribution is 0.109. The van der Waals surface area contributed by atoms with E-state index in [4.69, 9.17) is 9.15 Å². The average molecular weight is 313 g/mol. The minimum absolute atomic E-state index is 0.0906. The fourth-order valence-corrected chi connectivity index (χ4v) is 2.84. The standard InChI is InChI=1S/C17H19N3O3/c21-17(20(15-1-2-15)9-12-3-5-22-10-12)19-14-7-13-11-23-6-4-16(13)18-8-14/h3,5,7-8,10,15H,1-2,4,6,9,11H2,(H,19,21). The maximum Gasteiger partial charge on any atom is 0.322 e. The number of urea groups is 1. The molecule has 2 aliphatic rings. The second kappa shape index (κ2) is 6.04. The van der Waals surface area contributed by atoms with E-state index in [-0.39, 0.29) is 6.03 Å². The third-order valence-electron chi connectivity index (χ3n) is 4.23. The highest BCUT2D eigenvalue weighted by molar-refractivity contribution is 5.89. The Hall–Kier alpha value is -2.34. The van der Waals surface area contributed by atoms with Crippen LogP contribution in [0.2, 0.25) is 0 Å². The van der Waals surface area contributed by atoms with Crippen LogP contribution in [0.15, 0.2) is 35.3 Å². The highest BCUT2D eigenvalue weighted by Crippen LogP contribution is 2.29. The molecule has 23 heavy (non-hydrogen) atoms. The zero-order chi connectivity index (χ0) is 15.6. The molecule has 1 aliphatic heterocycles. The van der Waals surface area contributed by atoms with E-state index in [0.29, 0.717) is 25.8 Å². The minimum Gasteiger partial charge on any atom is -0.472 e. The average Bonchev–Trinajstić information content (AvgIpc) is 3.28. The topological polar surface area (TPSA) is 67.6 Å². The number of carbonyl (C=O) groups is 1. The molecule has 0 aromatic carbocycles. The van der Waals surface area contributed by atoms with E-state index in [0.717, 1.165) is 41.8 Å². The van der Waals surface area contributed by atoms with Gasteiger partial charge < -0.3 is 19.4 Å². The first-order valence-electron chi connectivity index (χ1n) is 7.94. The molecule has 1 aliphatic carbocycles. The molecular formula is C17H19N3O3. The highest BCUT2D eigenvalue weighted by atomic mass is 16.5. The number of ether oxygens (including phenoxy) is 1. The Kier molecular flexibility index (Phi) is 3.75. The molecule has 0 atom stereocenters. The van der Waals surface area contributed by atoms with Crippen LogP contribution in [0, 0.1) is 0 Å². The zero-order valence-corrected chi connectivity index (χ0v) is 12.8. The number of furan rings is 1. The largest absolute Gasteiger partial charge is 0.472 e. The number of hydrogen-bond acceptors (Lipinski definition) is 4. The molecule has 2 amide bonds. The van der Waals surface area contributed by atoms with Crippen molar-refractivity contribution in [1.82, 2.24) is 9.88 Å².